The van der Waals surface area contributed by atoms with Crippen LogP contribution in [0, 0.1) is 17.1 Å². The first kappa shape index (κ1) is 19.3. The van der Waals surface area contributed by atoms with Crippen LogP contribution < -0.4 is 5.32 Å². The van der Waals surface area contributed by atoms with Crippen molar-refractivity contribution in [2.45, 2.75) is 31.1 Å². The van der Waals surface area contributed by atoms with E-state index in [0.29, 0.717) is 36.0 Å². The second-order valence-corrected chi connectivity index (χ2v) is 7.51. The molecule has 0 aliphatic carbocycles. The van der Waals surface area contributed by atoms with Gasteiger partial charge in [0.05, 0.1) is 24.7 Å². The lowest BCUT2D eigenvalue weighted by molar-refractivity contribution is -0.132. The summed E-state index contributed by atoms with van der Waals surface area (Å²) in [7, 11) is 0. The average molecular weight is 402 g/mol. The van der Waals surface area contributed by atoms with Crippen molar-refractivity contribution in [1.82, 2.24) is 15.1 Å². The molecule has 0 bridgehead atoms. The maximum Gasteiger partial charge on any atom is 0.255 e. The van der Waals surface area contributed by atoms with Gasteiger partial charge in [0.25, 0.3) is 5.91 Å². The summed E-state index contributed by atoms with van der Waals surface area (Å²) in [5.74, 6) is -1.03. The molecule has 29 heavy (non-hydrogen) atoms. The third-order valence-electron chi connectivity index (χ3n) is 5.47. The molecule has 9 heteroatoms. The third-order valence-corrected chi connectivity index (χ3v) is 5.47. The van der Waals surface area contributed by atoms with E-state index in [1.807, 2.05) is 11.0 Å². The molecule has 7 nitrogen and oxygen atoms in total. The minimum Gasteiger partial charge on any atom is -0.463 e. The van der Waals surface area contributed by atoms with Crippen LogP contribution in [0.3, 0.4) is 0 Å². The van der Waals surface area contributed by atoms with E-state index in [1.165, 1.54) is 29.4 Å². The van der Waals surface area contributed by atoms with Crippen LogP contribution >= 0.6 is 0 Å². The van der Waals surface area contributed by atoms with Crippen LogP contribution in [0.25, 0.3) is 11.0 Å². The van der Waals surface area contributed by atoms with E-state index in [9.17, 15) is 18.4 Å². The number of alkyl halides is 1. The highest BCUT2D eigenvalue weighted by atomic mass is 19.1. The lowest BCUT2D eigenvalue weighted by Gasteiger charge is -2.23. The molecular formula is C20H20F2N4O3. The molecule has 2 fully saturated rings. The van der Waals surface area contributed by atoms with Gasteiger partial charge in [0.2, 0.25) is 5.91 Å². The number of likely N-dealkylation sites (tertiary alicyclic amines) is 2. The maximum atomic E-state index is 13.5. The Balaban J connectivity index is 1.33. The highest BCUT2D eigenvalue weighted by Gasteiger charge is 2.36. The fraction of sp³-hybridized carbons (Fsp3) is 0.450. The smallest absolute Gasteiger partial charge is 0.255 e. The number of carbonyl (C=O) groups excluding carboxylic acids is 2. The number of nitriles is 1. The monoisotopic (exact) mass is 402 g/mol. The number of benzene rings is 1. The number of nitrogens with zero attached hydrogens (tertiary/aromatic N) is 3. The number of furan rings is 1. The molecule has 0 saturated carbocycles. The maximum absolute atomic E-state index is 13.5. The molecule has 4 rings (SSSR count). The lowest BCUT2D eigenvalue weighted by Crippen LogP contribution is -2.43. The Morgan fingerprint density at radius 3 is 2.97 bits per heavy atom. The summed E-state index contributed by atoms with van der Waals surface area (Å²) in [5, 5.41) is 12.5. The second kappa shape index (κ2) is 7.79. The number of hydrogen-bond donors (Lipinski definition) is 1. The first-order valence-electron chi connectivity index (χ1n) is 9.47. The van der Waals surface area contributed by atoms with Gasteiger partial charge >= 0.3 is 0 Å². The molecule has 1 N–H and O–H groups in total. The molecule has 2 saturated heterocycles. The van der Waals surface area contributed by atoms with Crippen molar-refractivity contribution in [2.75, 3.05) is 26.2 Å². The highest BCUT2D eigenvalue weighted by Crippen LogP contribution is 2.23. The standard InChI is InChI=1S/C20H20F2N4O3/c21-12-1-2-16-17(11-29-18(16)6-12)20(28)24-14-3-4-25(9-14)10-19(27)26-8-13(22)5-15(26)7-23/h1-2,6,11,13-15H,3-5,8-10H2,(H,24,28)/t13-,14?,15-/m0/s1. The van der Waals surface area contributed by atoms with E-state index in [4.69, 9.17) is 9.68 Å². The fourth-order valence-electron chi connectivity index (χ4n) is 4.00. The molecule has 3 heterocycles. The van der Waals surface area contributed by atoms with Crippen molar-refractivity contribution in [1.29, 1.82) is 5.26 Å². The molecule has 2 aromatic rings. The van der Waals surface area contributed by atoms with Gasteiger partial charge < -0.3 is 14.6 Å². The SMILES string of the molecule is N#C[C@@H]1C[C@H](F)CN1C(=O)CN1CCC(NC(=O)c2coc3cc(F)ccc23)C1. The Morgan fingerprint density at radius 1 is 1.34 bits per heavy atom. The molecule has 1 aromatic carbocycles. The summed E-state index contributed by atoms with van der Waals surface area (Å²) in [6.45, 7) is 1.13. The summed E-state index contributed by atoms with van der Waals surface area (Å²) < 4.78 is 32.0. The van der Waals surface area contributed by atoms with Crippen molar-refractivity contribution in [3.63, 3.8) is 0 Å². The number of nitrogens with one attached hydrogen (secondary N) is 1. The van der Waals surface area contributed by atoms with Crippen LogP contribution in [0.5, 0.6) is 0 Å². The summed E-state index contributed by atoms with van der Waals surface area (Å²) in [6, 6.07) is 5.11. The predicted molar refractivity (Wildman–Crippen MR) is 99.1 cm³/mol. The minimum absolute atomic E-state index is 0.0424. The number of halogens is 2. The van der Waals surface area contributed by atoms with Gasteiger partial charge in [-0.15, -0.1) is 0 Å². The van der Waals surface area contributed by atoms with Crippen LogP contribution in [0.1, 0.15) is 23.2 Å². The Hall–Kier alpha value is -2.99. The van der Waals surface area contributed by atoms with Crippen LogP contribution in [-0.4, -0.2) is 66.0 Å². The minimum atomic E-state index is -1.16. The zero-order valence-corrected chi connectivity index (χ0v) is 15.6. The largest absolute Gasteiger partial charge is 0.463 e. The number of carbonyl (C=O) groups is 2. The first-order chi connectivity index (χ1) is 13.9. The Morgan fingerprint density at radius 2 is 2.17 bits per heavy atom. The van der Waals surface area contributed by atoms with Crippen molar-refractivity contribution in [3.05, 3.63) is 35.8 Å². The van der Waals surface area contributed by atoms with Gasteiger partial charge in [-0.05, 0) is 18.6 Å². The number of amides is 2. The van der Waals surface area contributed by atoms with Crippen molar-refractivity contribution in [2.24, 2.45) is 0 Å². The van der Waals surface area contributed by atoms with E-state index in [1.54, 1.807) is 0 Å². The summed E-state index contributed by atoms with van der Waals surface area (Å²) in [6.07, 6.45) is 0.867. The van der Waals surface area contributed by atoms with E-state index < -0.39 is 18.0 Å². The molecule has 1 unspecified atom stereocenters. The van der Waals surface area contributed by atoms with E-state index in [0.717, 1.165) is 0 Å². The van der Waals surface area contributed by atoms with Crippen molar-refractivity contribution < 1.29 is 22.8 Å². The second-order valence-electron chi connectivity index (χ2n) is 7.51. The van der Waals surface area contributed by atoms with E-state index >= 15 is 0 Å². The molecule has 0 radical (unpaired) electrons. The molecule has 3 atom stereocenters. The Bertz CT molecular complexity index is 986. The van der Waals surface area contributed by atoms with Crippen LogP contribution in [0.15, 0.2) is 28.9 Å². The normalized spacial score (nSPS) is 24.7. The van der Waals surface area contributed by atoms with E-state index in [2.05, 4.69) is 5.32 Å². The average Bonchev–Trinajstić information content (AvgIpc) is 3.39. The number of fused-ring (bicyclic) bond motifs is 1. The predicted octanol–water partition coefficient (Wildman–Crippen LogP) is 1.84. The number of rotatable bonds is 4. The third kappa shape index (κ3) is 3.93. The zero-order chi connectivity index (χ0) is 20.5. The van der Waals surface area contributed by atoms with Gasteiger partial charge in [-0.1, -0.05) is 0 Å². The van der Waals surface area contributed by atoms with Crippen LogP contribution in [0.4, 0.5) is 8.78 Å². The number of hydrogen-bond acceptors (Lipinski definition) is 5. The molecule has 0 spiro atoms. The molecule has 152 valence electrons. The van der Waals surface area contributed by atoms with Gasteiger partial charge in [-0.25, -0.2) is 8.78 Å². The molecule has 2 amide bonds. The molecule has 2 aliphatic heterocycles. The van der Waals surface area contributed by atoms with Crippen LogP contribution in [0.2, 0.25) is 0 Å². The zero-order valence-electron chi connectivity index (χ0n) is 15.6. The van der Waals surface area contributed by atoms with Gasteiger partial charge in [0.1, 0.15) is 29.9 Å². The Kier molecular flexibility index (Phi) is 5.20. The van der Waals surface area contributed by atoms with Gasteiger partial charge in [-0.3, -0.25) is 14.5 Å². The summed E-state index contributed by atoms with van der Waals surface area (Å²) >= 11 is 0. The van der Waals surface area contributed by atoms with Crippen molar-refractivity contribution in [3.8, 4) is 6.07 Å². The highest BCUT2D eigenvalue weighted by molar-refractivity contribution is 6.06. The van der Waals surface area contributed by atoms with Crippen molar-refractivity contribution >= 4 is 22.8 Å². The molecule has 1 aromatic heterocycles. The first-order valence-corrected chi connectivity index (χ1v) is 9.47. The lowest BCUT2D eigenvalue weighted by atomic mass is 10.1. The quantitative estimate of drug-likeness (QED) is 0.843. The van der Waals surface area contributed by atoms with E-state index in [-0.39, 0.29) is 37.4 Å². The molecular weight excluding hydrogens is 382 g/mol. The van der Waals surface area contributed by atoms with Crippen LogP contribution in [-0.2, 0) is 4.79 Å². The fourth-order valence-corrected chi connectivity index (χ4v) is 4.00. The molecule has 2 aliphatic rings. The topological polar surface area (TPSA) is 89.6 Å². The Labute approximate surface area is 165 Å². The summed E-state index contributed by atoms with van der Waals surface area (Å²) in [4.78, 5) is 28.2. The summed E-state index contributed by atoms with van der Waals surface area (Å²) in [5.41, 5.74) is 0.634. The van der Waals surface area contributed by atoms with Gasteiger partial charge in [0, 0.05) is 37.0 Å². The van der Waals surface area contributed by atoms with Gasteiger partial charge in [-0.2, -0.15) is 5.26 Å². The van der Waals surface area contributed by atoms with Gasteiger partial charge in [0.15, 0.2) is 0 Å².